The van der Waals surface area contributed by atoms with Gasteiger partial charge in [0.25, 0.3) is 0 Å². The maximum atomic E-state index is 8.96. The Kier molecular flexibility index (Phi) is 4.70. The first-order chi connectivity index (χ1) is 9.44. The summed E-state index contributed by atoms with van der Waals surface area (Å²) in [4.78, 5) is 2.26. The molecule has 0 aliphatic carbocycles. The molecule has 1 saturated heterocycles. The van der Waals surface area contributed by atoms with E-state index in [2.05, 4.69) is 23.9 Å². The average Bonchev–Trinajstić information content (AvgIpc) is 2.58. The second-order valence-electron chi connectivity index (χ2n) is 5.46. The molecule has 4 nitrogen and oxygen atoms in total. The van der Waals surface area contributed by atoms with Crippen LogP contribution in [0.2, 0.25) is 5.02 Å². The van der Waals surface area contributed by atoms with Crippen LogP contribution in [0.4, 0.5) is 5.69 Å². The Hall–Kier alpha value is -1.07. The number of hydrogen-bond acceptors (Lipinski definition) is 4. The van der Waals surface area contributed by atoms with Gasteiger partial charge in [-0.15, -0.1) is 0 Å². The molecule has 0 atom stereocenters. The van der Waals surface area contributed by atoms with E-state index in [0.717, 1.165) is 31.0 Å². The smallest absolute Gasteiger partial charge is 0.173 e. The van der Waals surface area contributed by atoms with E-state index >= 15 is 0 Å². The lowest BCUT2D eigenvalue weighted by Gasteiger charge is -2.26. The summed E-state index contributed by atoms with van der Waals surface area (Å²) in [6.45, 7) is 6.40. The van der Waals surface area contributed by atoms with Crippen LogP contribution >= 0.6 is 23.4 Å². The van der Waals surface area contributed by atoms with Gasteiger partial charge in [0.05, 0.1) is 10.6 Å². The summed E-state index contributed by atoms with van der Waals surface area (Å²) < 4.78 is 0.282. The highest BCUT2D eigenvalue weighted by molar-refractivity contribution is 8.00. The van der Waals surface area contributed by atoms with E-state index in [-0.39, 0.29) is 10.6 Å². The summed E-state index contributed by atoms with van der Waals surface area (Å²) in [6, 6.07) is 5.63. The van der Waals surface area contributed by atoms with Gasteiger partial charge in [-0.1, -0.05) is 36.7 Å². The maximum absolute atomic E-state index is 8.96. The van der Waals surface area contributed by atoms with Crippen LogP contribution in [0.15, 0.2) is 23.4 Å². The van der Waals surface area contributed by atoms with Crippen LogP contribution in [0.1, 0.15) is 25.8 Å². The fraction of sp³-hybridized carbons (Fsp3) is 0.500. The number of nitrogens with two attached hydrogens (primary N) is 1. The van der Waals surface area contributed by atoms with Gasteiger partial charge in [0.2, 0.25) is 0 Å². The summed E-state index contributed by atoms with van der Waals surface area (Å²) in [7, 11) is 0. The third kappa shape index (κ3) is 3.33. The molecule has 1 heterocycles. The average molecular weight is 314 g/mol. The number of rotatable bonds is 2. The third-order valence-electron chi connectivity index (χ3n) is 3.53. The number of benzene rings is 1. The molecule has 1 aliphatic rings. The first kappa shape index (κ1) is 15.3. The van der Waals surface area contributed by atoms with Crippen molar-refractivity contribution in [3.63, 3.8) is 0 Å². The van der Waals surface area contributed by atoms with E-state index in [0.29, 0.717) is 10.6 Å². The molecule has 0 unspecified atom stereocenters. The minimum absolute atomic E-state index is 0.0572. The summed E-state index contributed by atoms with van der Waals surface area (Å²) in [6.07, 6.45) is 1.08. The van der Waals surface area contributed by atoms with Gasteiger partial charge >= 0.3 is 0 Å². The molecule has 1 fully saturated rings. The predicted octanol–water partition coefficient (Wildman–Crippen LogP) is 3.16. The van der Waals surface area contributed by atoms with E-state index in [1.807, 2.05) is 23.9 Å². The van der Waals surface area contributed by atoms with Crippen molar-refractivity contribution in [2.75, 3.05) is 23.7 Å². The van der Waals surface area contributed by atoms with Crippen molar-refractivity contribution in [1.29, 1.82) is 0 Å². The number of halogens is 1. The van der Waals surface area contributed by atoms with Crippen LogP contribution in [0.5, 0.6) is 0 Å². The highest BCUT2D eigenvalue weighted by Crippen LogP contribution is 2.34. The van der Waals surface area contributed by atoms with Gasteiger partial charge in [0.15, 0.2) is 5.84 Å². The number of oxime groups is 1. The van der Waals surface area contributed by atoms with Crippen LogP contribution in [0.25, 0.3) is 0 Å². The Bertz CT molecular complexity index is 519. The molecule has 0 spiro atoms. The molecule has 1 aromatic carbocycles. The lowest BCUT2D eigenvalue weighted by Crippen LogP contribution is -2.29. The highest BCUT2D eigenvalue weighted by Gasteiger charge is 2.25. The van der Waals surface area contributed by atoms with Crippen LogP contribution < -0.4 is 10.6 Å². The van der Waals surface area contributed by atoms with Crippen molar-refractivity contribution in [2.24, 2.45) is 10.9 Å². The largest absolute Gasteiger partial charge is 0.409 e. The van der Waals surface area contributed by atoms with Crippen LogP contribution in [0.3, 0.4) is 0 Å². The van der Waals surface area contributed by atoms with Crippen molar-refractivity contribution in [2.45, 2.75) is 25.0 Å². The normalized spacial score (nSPS) is 19.8. The van der Waals surface area contributed by atoms with Gasteiger partial charge in [-0.25, -0.2) is 0 Å². The Morgan fingerprint density at radius 3 is 2.90 bits per heavy atom. The summed E-state index contributed by atoms with van der Waals surface area (Å²) in [5.41, 5.74) is 7.33. The summed E-state index contributed by atoms with van der Waals surface area (Å²) >= 11 is 8.19. The Labute approximate surface area is 129 Å². The first-order valence-electron chi connectivity index (χ1n) is 6.60. The Balaban J connectivity index is 2.35. The zero-order valence-corrected chi connectivity index (χ0v) is 13.3. The van der Waals surface area contributed by atoms with Crippen LogP contribution in [0, 0.1) is 0 Å². The number of amidine groups is 1. The molecule has 0 saturated carbocycles. The molecular weight excluding hydrogens is 294 g/mol. The minimum atomic E-state index is 0.0572. The second kappa shape index (κ2) is 6.14. The Morgan fingerprint density at radius 2 is 2.20 bits per heavy atom. The summed E-state index contributed by atoms with van der Waals surface area (Å²) in [5, 5.41) is 12.6. The standard InChI is InChI=1S/C14H20ClN3OS/c1-14(2)6-7-18(8-9-20-14)11-5-3-4-10(15)12(11)13(16)17-19/h3-5,19H,6-9H2,1-2H3,(H2,16,17). The molecular formula is C14H20ClN3OS. The second-order valence-corrected chi connectivity index (χ2v) is 7.67. The molecule has 1 aliphatic heterocycles. The van der Waals surface area contributed by atoms with Crippen LogP contribution in [-0.2, 0) is 0 Å². The van der Waals surface area contributed by atoms with Gasteiger partial charge in [-0.2, -0.15) is 11.8 Å². The van der Waals surface area contributed by atoms with E-state index in [9.17, 15) is 0 Å². The Morgan fingerprint density at radius 1 is 1.45 bits per heavy atom. The maximum Gasteiger partial charge on any atom is 0.173 e. The molecule has 0 radical (unpaired) electrons. The molecule has 20 heavy (non-hydrogen) atoms. The van der Waals surface area contributed by atoms with Crippen molar-refractivity contribution in [3.8, 4) is 0 Å². The topological polar surface area (TPSA) is 61.8 Å². The summed E-state index contributed by atoms with van der Waals surface area (Å²) in [5.74, 6) is 1.11. The first-order valence-corrected chi connectivity index (χ1v) is 7.96. The van der Waals surface area contributed by atoms with Crippen LogP contribution in [-0.4, -0.2) is 34.6 Å². The highest BCUT2D eigenvalue weighted by atomic mass is 35.5. The zero-order chi connectivity index (χ0) is 14.8. The lowest BCUT2D eigenvalue weighted by molar-refractivity contribution is 0.318. The number of thioether (sulfide) groups is 1. The molecule has 2 rings (SSSR count). The fourth-order valence-electron chi connectivity index (χ4n) is 2.34. The molecule has 3 N–H and O–H groups in total. The third-order valence-corrected chi connectivity index (χ3v) is 5.22. The number of nitrogens with zero attached hydrogens (tertiary/aromatic N) is 2. The van der Waals surface area contributed by atoms with E-state index < -0.39 is 0 Å². The minimum Gasteiger partial charge on any atom is -0.409 e. The van der Waals surface area contributed by atoms with Gasteiger partial charge in [0.1, 0.15) is 0 Å². The van der Waals surface area contributed by atoms with E-state index in [1.54, 1.807) is 6.07 Å². The van der Waals surface area contributed by atoms with Gasteiger partial charge < -0.3 is 15.8 Å². The van der Waals surface area contributed by atoms with Gasteiger partial charge in [-0.05, 0) is 18.6 Å². The molecule has 0 bridgehead atoms. The van der Waals surface area contributed by atoms with Crippen molar-refractivity contribution in [1.82, 2.24) is 0 Å². The van der Waals surface area contributed by atoms with Gasteiger partial charge in [0, 0.05) is 29.3 Å². The molecule has 110 valence electrons. The monoisotopic (exact) mass is 313 g/mol. The molecule has 0 aromatic heterocycles. The molecule has 1 aromatic rings. The predicted molar refractivity (Wildman–Crippen MR) is 87.3 cm³/mol. The number of hydrogen-bond donors (Lipinski definition) is 2. The number of anilines is 1. The molecule has 0 amide bonds. The van der Waals surface area contributed by atoms with E-state index in [4.69, 9.17) is 22.5 Å². The zero-order valence-electron chi connectivity index (χ0n) is 11.8. The lowest BCUT2D eigenvalue weighted by atomic mass is 10.1. The van der Waals surface area contributed by atoms with Crippen molar-refractivity contribution < 1.29 is 5.21 Å². The quantitative estimate of drug-likeness (QED) is 0.381. The molecule has 6 heteroatoms. The van der Waals surface area contributed by atoms with Crippen molar-refractivity contribution in [3.05, 3.63) is 28.8 Å². The van der Waals surface area contributed by atoms with E-state index in [1.165, 1.54) is 0 Å². The SMILES string of the molecule is CC1(C)CCN(c2cccc(Cl)c2/C(N)=N/O)CCS1. The fourth-order valence-corrected chi connectivity index (χ4v) is 3.71. The van der Waals surface area contributed by atoms with Gasteiger partial charge in [-0.3, -0.25) is 0 Å². The van der Waals surface area contributed by atoms with Crippen molar-refractivity contribution >= 4 is 34.9 Å².